The molecule has 3 aromatic rings. The van der Waals surface area contributed by atoms with Crippen LogP contribution in [0.25, 0.3) is 0 Å². The summed E-state index contributed by atoms with van der Waals surface area (Å²) in [5.74, 6) is 1.11. The fourth-order valence-electron chi connectivity index (χ4n) is 2.48. The van der Waals surface area contributed by atoms with Crippen LogP contribution in [0.1, 0.15) is 10.4 Å². The van der Waals surface area contributed by atoms with Crippen molar-refractivity contribution in [3.05, 3.63) is 88.9 Å². The molecule has 0 fully saturated rings. The van der Waals surface area contributed by atoms with Crippen molar-refractivity contribution in [3.8, 4) is 11.5 Å². The van der Waals surface area contributed by atoms with E-state index in [1.807, 2.05) is 60.7 Å². The van der Waals surface area contributed by atoms with Gasteiger partial charge in [-0.15, -0.1) is 0 Å². The van der Waals surface area contributed by atoms with Crippen molar-refractivity contribution in [2.24, 2.45) is 0 Å². The molecule has 0 aliphatic rings. The highest BCUT2D eigenvalue weighted by Crippen LogP contribution is 2.23. The van der Waals surface area contributed by atoms with Crippen LogP contribution in [0.5, 0.6) is 11.5 Å². The van der Waals surface area contributed by atoms with Crippen LogP contribution >= 0.6 is 28.1 Å². The largest absolute Gasteiger partial charge is 0.490 e. The number of carbonyl (C=O) groups excluding carboxylic acids is 1. The van der Waals surface area contributed by atoms with Crippen LogP contribution < -0.4 is 20.1 Å². The number of hydrogen-bond acceptors (Lipinski definition) is 4. The minimum absolute atomic E-state index is 0.187. The quantitative estimate of drug-likeness (QED) is 0.374. The monoisotopic (exact) mass is 470 g/mol. The van der Waals surface area contributed by atoms with Crippen molar-refractivity contribution in [1.29, 1.82) is 0 Å². The number of halogens is 1. The average Bonchev–Trinajstić information content (AvgIpc) is 2.73. The van der Waals surface area contributed by atoms with Crippen LogP contribution in [0.15, 0.2) is 83.3 Å². The first kappa shape index (κ1) is 20.8. The van der Waals surface area contributed by atoms with Crippen LogP contribution in [-0.2, 0) is 0 Å². The molecule has 148 valence electrons. The summed E-state index contributed by atoms with van der Waals surface area (Å²) in [5, 5.41) is 5.86. The second kappa shape index (κ2) is 10.6. The molecule has 0 aliphatic heterocycles. The average molecular weight is 471 g/mol. The Balaban J connectivity index is 1.52. The number of rotatable bonds is 7. The van der Waals surface area contributed by atoms with E-state index < -0.39 is 0 Å². The van der Waals surface area contributed by atoms with Gasteiger partial charge in [0.1, 0.15) is 24.7 Å². The van der Waals surface area contributed by atoms with E-state index in [-0.39, 0.29) is 11.0 Å². The molecule has 0 radical (unpaired) electrons. The number of nitrogens with one attached hydrogen (secondary N) is 2. The van der Waals surface area contributed by atoms with Gasteiger partial charge in [0, 0.05) is 10.0 Å². The van der Waals surface area contributed by atoms with E-state index in [0.29, 0.717) is 30.2 Å². The van der Waals surface area contributed by atoms with E-state index in [0.717, 1.165) is 10.2 Å². The lowest BCUT2D eigenvalue weighted by molar-refractivity contribution is 0.0977. The third-order valence-electron chi connectivity index (χ3n) is 3.80. The molecule has 0 spiro atoms. The van der Waals surface area contributed by atoms with Gasteiger partial charge in [0.25, 0.3) is 5.91 Å². The molecule has 0 atom stereocenters. The van der Waals surface area contributed by atoms with Gasteiger partial charge in [-0.25, -0.2) is 0 Å². The zero-order chi connectivity index (χ0) is 20.5. The first-order valence-corrected chi connectivity index (χ1v) is 10.1. The minimum Gasteiger partial charge on any atom is -0.490 e. The van der Waals surface area contributed by atoms with Crippen molar-refractivity contribution in [2.45, 2.75) is 0 Å². The van der Waals surface area contributed by atoms with Gasteiger partial charge >= 0.3 is 0 Å². The van der Waals surface area contributed by atoms with Crippen molar-refractivity contribution in [3.63, 3.8) is 0 Å². The molecular formula is C22H19BrN2O3S. The molecule has 0 saturated carbocycles. The number of anilines is 1. The van der Waals surface area contributed by atoms with Crippen LogP contribution in [0.3, 0.4) is 0 Å². The molecule has 0 bridgehead atoms. The molecule has 2 N–H and O–H groups in total. The highest BCUT2D eigenvalue weighted by atomic mass is 79.9. The van der Waals surface area contributed by atoms with Gasteiger partial charge < -0.3 is 14.8 Å². The van der Waals surface area contributed by atoms with Crippen molar-refractivity contribution in [1.82, 2.24) is 5.32 Å². The van der Waals surface area contributed by atoms with E-state index in [1.165, 1.54) is 0 Å². The van der Waals surface area contributed by atoms with Gasteiger partial charge in [-0.05, 0) is 54.7 Å². The van der Waals surface area contributed by atoms with Crippen LogP contribution in [-0.4, -0.2) is 24.2 Å². The van der Waals surface area contributed by atoms with Gasteiger partial charge in [0.05, 0.1) is 5.69 Å². The highest BCUT2D eigenvalue weighted by Gasteiger charge is 2.10. The van der Waals surface area contributed by atoms with E-state index in [2.05, 4.69) is 26.6 Å². The van der Waals surface area contributed by atoms with Gasteiger partial charge in [0.2, 0.25) is 0 Å². The summed E-state index contributed by atoms with van der Waals surface area (Å²) in [6.07, 6.45) is 0. The number of thiocarbonyl (C=S) groups is 1. The fraction of sp³-hybridized carbons (Fsp3) is 0.0909. The van der Waals surface area contributed by atoms with Gasteiger partial charge in [0.15, 0.2) is 5.11 Å². The van der Waals surface area contributed by atoms with Crippen LogP contribution in [0, 0.1) is 0 Å². The Morgan fingerprint density at radius 1 is 0.897 bits per heavy atom. The summed E-state index contributed by atoms with van der Waals surface area (Å²) < 4.78 is 12.2. The number of ether oxygens (including phenoxy) is 2. The molecule has 29 heavy (non-hydrogen) atoms. The highest BCUT2D eigenvalue weighted by molar-refractivity contribution is 9.10. The molecule has 7 heteroatoms. The SMILES string of the molecule is O=C(NC(=S)Nc1ccccc1OCCOc1ccccc1)c1cccc(Br)c1. The summed E-state index contributed by atoms with van der Waals surface area (Å²) in [7, 11) is 0. The molecular weight excluding hydrogens is 452 g/mol. The summed E-state index contributed by atoms with van der Waals surface area (Å²) in [4.78, 5) is 12.3. The third-order valence-corrected chi connectivity index (χ3v) is 4.50. The topological polar surface area (TPSA) is 59.6 Å². The first-order valence-electron chi connectivity index (χ1n) is 8.89. The fourth-order valence-corrected chi connectivity index (χ4v) is 3.08. The van der Waals surface area contributed by atoms with Crippen LogP contribution in [0.4, 0.5) is 5.69 Å². The standard InChI is InChI=1S/C22H19BrN2O3S/c23-17-8-6-7-16(15-17)21(26)25-22(29)24-19-11-4-5-12-20(19)28-14-13-27-18-9-2-1-3-10-18/h1-12,15H,13-14H2,(H2,24,25,26,29). The Morgan fingerprint density at radius 2 is 1.62 bits per heavy atom. The molecule has 3 rings (SSSR count). The first-order chi connectivity index (χ1) is 14.1. The lowest BCUT2D eigenvalue weighted by Gasteiger charge is -2.14. The van der Waals surface area contributed by atoms with Gasteiger partial charge in [-0.2, -0.15) is 0 Å². The van der Waals surface area contributed by atoms with E-state index in [9.17, 15) is 4.79 Å². The van der Waals surface area contributed by atoms with Crippen molar-refractivity contribution >= 4 is 44.9 Å². The number of amides is 1. The Labute approximate surface area is 183 Å². The van der Waals surface area contributed by atoms with Gasteiger partial charge in [-0.3, -0.25) is 10.1 Å². The normalized spacial score (nSPS) is 10.1. The minimum atomic E-state index is -0.293. The lowest BCUT2D eigenvalue weighted by atomic mass is 10.2. The Kier molecular flexibility index (Phi) is 7.61. The number of carbonyl (C=O) groups is 1. The maximum absolute atomic E-state index is 12.3. The Hall–Kier alpha value is -2.90. The molecule has 0 aromatic heterocycles. The summed E-state index contributed by atoms with van der Waals surface area (Å²) in [6.45, 7) is 0.771. The second-order valence-electron chi connectivity index (χ2n) is 5.92. The number of para-hydroxylation sites is 3. The lowest BCUT2D eigenvalue weighted by Crippen LogP contribution is -2.34. The van der Waals surface area contributed by atoms with Crippen molar-refractivity contribution < 1.29 is 14.3 Å². The third kappa shape index (κ3) is 6.58. The zero-order valence-corrected chi connectivity index (χ0v) is 17.8. The van der Waals surface area contributed by atoms with Crippen LogP contribution in [0.2, 0.25) is 0 Å². The number of benzene rings is 3. The zero-order valence-electron chi connectivity index (χ0n) is 15.4. The predicted molar refractivity (Wildman–Crippen MR) is 122 cm³/mol. The van der Waals surface area contributed by atoms with E-state index in [1.54, 1.807) is 18.2 Å². The summed E-state index contributed by atoms with van der Waals surface area (Å²) in [5.41, 5.74) is 1.16. The summed E-state index contributed by atoms with van der Waals surface area (Å²) >= 11 is 8.62. The maximum atomic E-state index is 12.3. The number of hydrogen-bond donors (Lipinski definition) is 2. The van der Waals surface area contributed by atoms with E-state index in [4.69, 9.17) is 21.7 Å². The van der Waals surface area contributed by atoms with E-state index >= 15 is 0 Å². The van der Waals surface area contributed by atoms with Gasteiger partial charge in [-0.1, -0.05) is 52.3 Å². The molecule has 0 unspecified atom stereocenters. The molecule has 0 saturated heterocycles. The maximum Gasteiger partial charge on any atom is 0.257 e. The molecule has 3 aromatic carbocycles. The molecule has 0 aliphatic carbocycles. The Bertz CT molecular complexity index is 983. The Morgan fingerprint density at radius 3 is 2.41 bits per heavy atom. The molecule has 5 nitrogen and oxygen atoms in total. The summed E-state index contributed by atoms with van der Waals surface area (Å²) in [6, 6.07) is 24.0. The molecule has 0 heterocycles. The smallest absolute Gasteiger partial charge is 0.257 e. The molecule has 1 amide bonds. The second-order valence-corrected chi connectivity index (χ2v) is 7.25. The predicted octanol–water partition coefficient (Wildman–Crippen LogP) is 5.03. The van der Waals surface area contributed by atoms with Crippen molar-refractivity contribution in [2.75, 3.05) is 18.5 Å².